The lowest BCUT2D eigenvalue weighted by molar-refractivity contribution is 0.0487. The quantitative estimate of drug-likeness (QED) is 0.823. The second-order valence-electron chi connectivity index (χ2n) is 5.28. The van der Waals surface area contributed by atoms with Crippen molar-refractivity contribution < 1.29 is 9.53 Å². The molecule has 1 aromatic carbocycles. The molecule has 0 aliphatic heterocycles. The molecule has 2 N–H and O–H groups in total. The van der Waals surface area contributed by atoms with Gasteiger partial charge in [0.15, 0.2) is 0 Å². The largest absolute Gasteiger partial charge is 0.443 e. The fraction of sp³-hybridized carbons (Fsp3) is 0.500. The first-order valence-corrected chi connectivity index (χ1v) is 7.11. The third kappa shape index (κ3) is 6.07. The first-order valence-electron chi connectivity index (χ1n) is 6.32. The molecule has 0 saturated heterocycles. The van der Waals surface area contributed by atoms with E-state index in [1.54, 1.807) is 0 Å². The van der Waals surface area contributed by atoms with Gasteiger partial charge in [-0.1, -0.05) is 35.0 Å². The second-order valence-corrected chi connectivity index (χ2v) is 6.20. The number of ether oxygens (including phenoxy) is 1. The van der Waals surface area contributed by atoms with Crippen LogP contribution in [-0.2, 0) is 4.74 Å². The van der Waals surface area contributed by atoms with E-state index in [0.29, 0.717) is 0 Å². The lowest BCUT2D eigenvalue weighted by Crippen LogP contribution is -2.42. The first kappa shape index (κ1) is 16.0. The summed E-state index contributed by atoms with van der Waals surface area (Å²) >= 11 is 3.40. The van der Waals surface area contributed by atoms with Crippen molar-refractivity contribution in [3.8, 4) is 0 Å². The summed E-state index contributed by atoms with van der Waals surface area (Å²) in [5.74, 6) is 0. The number of nitrogens with one attached hydrogen (secondary N) is 2. The predicted molar refractivity (Wildman–Crippen MR) is 79.7 cm³/mol. The predicted octanol–water partition coefficient (Wildman–Crippen LogP) is 3.93. The third-order valence-corrected chi connectivity index (χ3v) is 2.96. The van der Waals surface area contributed by atoms with Gasteiger partial charge < -0.3 is 4.74 Å². The Morgan fingerprint density at radius 1 is 1.32 bits per heavy atom. The molecule has 0 radical (unpaired) electrons. The molecule has 1 amide bonds. The highest BCUT2D eigenvalue weighted by molar-refractivity contribution is 9.10. The molecular formula is C14H21BrN2O2. The average molecular weight is 329 g/mol. The SMILES string of the molecule is CCC(NNC(=O)OC(C)(C)C)c1ccc(Br)cc1. The van der Waals surface area contributed by atoms with E-state index >= 15 is 0 Å². The van der Waals surface area contributed by atoms with Crippen LogP contribution in [0.25, 0.3) is 0 Å². The molecule has 0 aliphatic carbocycles. The fourth-order valence-corrected chi connectivity index (χ4v) is 1.83. The van der Waals surface area contributed by atoms with Gasteiger partial charge in [0.25, 0.3) is 0 Å². The summed E-state index contributed by atoms with van der Waals surface area (Å²) in [4.78, 5) is 11.6. The Bertz CT molecular complexity index is 412. The molecule has 0 fully saturated rings. The Hall–Kier alpha value is -1.07. The number of amides is 1. The standard InChI is InChI=1S/C14H21BrN2O2/c1-5-12(10-6-8-11(15)9-7-10)16-17-13(18)19-14(2,3)4/h6-9,12,16H,5H2,1-4H3,(H,17,18). The normalized spacial score (nSPS) is 12.9. The molecule has 5 heteroatoms. The van der Waals surface area contributed by atoms with E-state index in [-0.39, 0.29) is 6.04 Å². The Labute approximate surface area is 123 Å². The maximum absolute atomic E-state index is 11.6. The molecule has 4 nitrogen and oxygen atoms in total. The molecule has 106 valence electrons. The van der Waals surface area contributed by atoms with Gasteiger partial charge in [-0.3, -0.25) is 5.43 Å². The van der Waals surface area contributed by atoms with Gasteiger partial charge >= 0.3 is 6.09 Å². The lowest BCUT2D eigenvalue weighted by atomic mass is 10.1. The van der Waals surface area contributed by atoms with Crippen LogP contribution in [0.4, 0.5) is 4.79 Å². The summed E-state index contributed by atoms with van der Waals surface area (Å²) in [6, 6.07) is 8.05. The van der Waals surface area contributed by atoms with E-state index in [4.69, 9.17) is 4.74 Å². The van der Waals surface area contributed by atoms with Crippen LogP contribution in [0.15, 0.2) is 28.7 Å². The van der Waals surface area contributed by atoms with Crippen LogP contribution in [0.2, 0.25) is 0 Å². The fourth-order valence-electron chi connectivity index (χ4n) is 1.57. The average Bonchev–Trinajstić information content (AvgIpc) is 2.29. The van der Waals surface area contributed by atoms with Crippen LogP contribution in [0.3, 0.4) is 0 Å². The summed E-state index contributed by atoms with van der Waals surface area (Å²) in [6.07, 6.45) is 0.389. The van der Waals surface area contributed by atoms with Gasteiger partial charge in [0.1, 0.15) is 5.60 Å². The van der Waals surface area contributed by atoms with Gasteiger partial charge in [-0.25, -0.2) is 10.2 Å². The molecule has 0 spiro atoms. The first-order chi connectivity index (χ1) is 8.81. The van der Waals surface area contributed by atoms with Crippen LogP contribution < -0.4 is 10.9 Å². The van der Waals surface area contributed by atoms with Crippen molar-refractivity contribution in [3.63, 3.8) is 0 Å². The van der Waals surface area contributed by atoms with Crippen LogP contribution in [-0.4, -0.2) is 11.7 Å². The van der Waals surface area contributed by atoms with Gasteiger partial charge in [0.2, 0.25) is 0 Å². The van der Waals surface area contributed by atoms with Gasteiger partial charge in [0, 0.05) is 4.47 Å². The summed E-state index contributed by atoms with van der Waals surface area (Å²) < 4.78 is 6.20. The number of rotatable bonds is 4. The minimum atomic E-state index is -0.495. The summed E-state index contributed by atoms with van der Waals surface area (Å²) in [6.45, 7) is 7.55. The Morgan fingerprint density at radius 2 is 1.89 bits per heavy atom. The van der Waals surface area contributed by atoms with Crippen LogP contribution in [0.5, 0.6) is 0 Å². The van der Waals surface area contributed by atoms with E-state index in [0.717, 1.165) is 16.5 Å². The zero-order valence-corrected chi connectivity index (χ0v) is 13.4. The third-order valence-electron chi connectivity index (χ3n) is 2.43. The topological polar surface area (TPSA) is 50.4 Å². The van der Waals surface area contributed by atoms with E-state index in [9.17, 15) is 4.79 Å². The number of hydrogen-bond donors (Lipinski definition) is 2. The number of halogens is 1. The highest BCUT2D eigenvalue weighted by Gasteiger charge is 2.17. The number of carbonyl (C=O) groups excluding carboxylic acids is 1. The molecule has 0 saturated carbocycles. The van der Waals surface area contributed by atoms with Crippen molar-refractivity contribution in [2.45, 2.75) is 45.8 Å². The molecular weight excluding hydrogens is 308 g/mol. The molecule has 1 aromatic rings. The lowest BCUT2D eigenvalue weighted by Gasteiger charge is -2.22. The van der Waals surface area contributed by atoms with Gasteiger partial charge in [0.05, 0.1) is 6.04 Å². The van der Waals surface area contributed by atoms with Gasteiger partial charge in [-0.2, -0.15) is 0 Å². The van der Waals surface area contributed by atoms with E-state index in [1.165, 1.54) is 0 Å². The van der Waals surface area contributed by atoms with Crippen molar-refractivity contribution in [2.75, 3.05) is 0 Å². The maximum atomic E-state index is 11.6. The number of carbonyl (C=O) groups is 1. The number of hydrogen-bond acceptors (Lipinski definition) is 3. The van der Waals surface area contributed by atoms with Crippen LogP contribution in [0, 0.1) is 0 Å². The molecule has 1 rings (SSSR count). The molecule has 19 heavy (non-hydrogen) atoms. The van der Waals surface area contributed by atoms with E-state index in [2.05, 4.69) is 33.7 Å². The van der Waals surface area contributed by atoms with Gasteiger partial charge in [-0.15, -0.1) is 0 Å². The number of benzene rings is 1. The molecule has 0 aromatic heterocycles. The maximum Gasteiger partial charge on any atom is 0.422 e. The Balaban J connectivity index is 2.54. The number of hydrazine groups is 1. The zero-order valence-electron chi connectivity index (χ0n) is 11.8. The highest BCUT2D eigenvalue weighted by atomic mass is 79.9. The summed E-state index contributed by atoms with van der Waals surface area (Å²) in [7, 11) is 0. The van der Waals surface area contributed by atoms with Gasteiger partial charge in [-0.05, 0) is 44.9 Å². The van der Waals surface area contributed by atoms with E-state index in [1.807, 2.05) is 45.0 Å². The summed E-state index contributed by atoms with van der Waals surface area (Å²) in [5.41, 5.74) is 6.19. The second kappa shape index (κ2) is 6.91. The van der Waals surface area contributed by atoms with E-state index < -0.39 is 11.7 Å². The van der Waals surface area contributed by atoms with Crippen LogP contribution >= 0.6 is 15.9 Å². The molecule has 1 unspecified atom stereocenters. The monoisotopic (exact) mass is 328 g/mol. The van der Waals surface area contributed by atoms with Crippen molar-refractivity contribution in [3.05, 3.63) is 34.3 Å². The van der Waals surface area contributed by atoms with Crippen molar-refractivity contribution in [1.29, 1.82) is 0 Å². The minimum absolute atomic E-state index is 0.0561. The zero-order chi connectivity index (χ0) is 14.5. The van der Waals surface area contributed by atoms with Crippen molar-refractivity contribution >= 4 is 22.0 Å². The smallest absolute Gasteiger partial charge is 0.422 e. The molecule has 0 bridgehead atoms. The van der Waals surface area contributed by atoms with Crippen molar-refractivity contribution in [1.82, 2.24) is 10.9 Å². The minimum Gasteiger partial charge on any atom is -0.443 e. The molecule has 0 heterocycles. The summed E-state index contributed by atoms with van der Waals surface area (Å²) in [5, 5.41) is 0. The Kier molecular flexibility index (Phi) is 5.82. The highest BCUT2D eigenvalue weighted by Crippen LogP contribution is 2.18. The molecule has 0 aliphatic rings. The molecule has 1 atom stereocenters. The van der Waals surface area contributed by atoms with Crippen LogP contribution in [0.1, 0.15) is 45.7 Å². The Morgan fingerprint density at radius 3 is 2.37 bits per heavy atom. The van der Waals surface area contributed by atoms with Crippen molar-refractivity contribution in [2.24, 2.45) is 0 Å².